The zero-order valence-corrected chi connectivity index (χ0v) is 16.8. The molecule has 0 unspecified atom stereocenters. The summed E-state index contributed by atoms with van der Waals surface area (Å²) in [5.41, 5.74) is 0.623. The van der Waals surface area contributed by atoms with E-state index in [0.717, 1.165) is 31.7 Å². The first kappa shape index (κ1) is 20.4. The van der Waals surface area contributed by atoms with Crippen molar-refractivity contribution >= 4 is 21.4 Å². The van der Waals surface area contributed by atoms with Crippen LogP contribution in [0.2, 0.25) is 0 Å². The molecule has 7 heteroatoms. The summed E-state index contributed by atoms with van der Waals surface area (Å²) in [7, 11) is -1.35. The van der Waals surface area contributed by atoms with Crippen LogP contribution in [-0.2, 0) is 14.6 Å². The Kier molecular flexibility index (Phi) is 6.70. The lowest BCUT2D eigenvalue weighted by molar-refractivity contribution is -0.115. The van der Waals surface area contributed by atoms with Crippen LogP contribution in [0.4, 0.5) is 5.69 Å². The number of hydrogen-bond acceptors (Lipinski definition) is 5. The molecule has 0 aliphatic carbocycles. The highest BCUT2D eigenvalue weighted by Gasteiger charge is 2.18. The van der Waals surface area contributed by atoms with Crippen molar-refractivity contribution in [1.82, 2.24) is 4.90 Å². The molecule has 1 aliphatic heterocycles. The second-order valence-electron chi connectivity index (χ2n) is 7.07. The molecule has 2 aromatic rings. The Labute approximate surface area is 166 Å². The molecule has 1 aliphatic rings. The summed E-state index contributed by atoms with van der Waals surface area (Å²) >= 11 is 0. The Morgan fingerprint density at radius 3 is 2.36 bits per heavy atom. The van der Waals surface area contributed by atoms with Gasteiger partial charge in [-0.05, 0) is 56.3 Å². The molecular formula is C21H26N2O4S. The van der Waals surface area contributed by atoms with Crippen LogP contribution in [0.5, 0.6) is 5.75 Å². The number of anilines is 1. The van der Waals surface area contributed by atoms with Gasteiger partial charge in [0.1, 0.15) is 11.9 Å². The van der Waals surface area contributed by atoms with Gasteiger partial charge in [0.05, 0.1) is 10.6 Å². The molecule has 150 valence electrons. The van der Waals surface area contributed by atoms with Crippen LogP contribution in [0.3, 0.4) is 0 Å². The van der Waals surface area contributed by atoms with Crippen molar-refractivity contribution in [2.24, 2.45) is 0 Å². The molecule has 0 bridgehead atoms. The number of nitrogens with one attached hydrogen (secondary N) is 1. The number of amides is 1. The number of rotatable bonds is 7. The fraction of sp³-hybridized carbons (Fsp3) is 0.381. The first-order chi connectivity index (χ1) is 13.4. The summed E-state index contributed by atoms with van der Waals surface area (Å²) in [5, 5.41) is 2.74. The maximum absolute atomic E-state index is 12.2. The van der Waals surface area contributed by atoms with E-state index in [4.69, 9.17) is 4.74 Å². The Hall–Kier alpha value is -2.38. The topological polar surface area (TPSA) is 75.7 Å². The number of sulfone groups is 1. The van der Waals surface area contributed by atoms with Crippen molar-refractivity contribution in [3.63, 3.8) is 0 Å². The third-order valence-corrected chi connectivity index (χ3v) is 6.54. The number of carbonyl (C=O) groups is 1. The molecule has 1 N–H and O–H groups in total. The number of hydrogen-bond donors (Lipinski definition) is 1. The molecule has 0 spiro atoms. The summed E-state index contributed by atoms with van der Waals surface area (Å²) < 4.78 is 30.5. The number of nitrogens with zero attached hydrogens (tertiary/aromatic N) is 1. The lowest BCUT2D eigenvalue weighted by Gasteiger charge is -2.29. The lowest BCUT2D eigenvalue weighted by Crippen LogP contribution is -2.35. The van der Waals surface area contributed by atoms with Gasteiger partial charge in [0.25, 0.3) is 0 Å². The highest BCUT2D eigenvalue weighted by molar-refractivity contribution is 7.91. The van der Waals surface area contributed by atoms with Gasteiger partial charge in [0.15, 0.2) is 9.84 Å². The van der Waals surface area contributed by atoms with Gasteiger partial charge in [-0.25, -0.2) is 8.42 Å². The van der Waals surface area contributed by atoms with Gasteiger partial charge in [0, 0.05) is 25.2 Å². The number of benzene rings is 2. The Morgan fingerprint density at radius 1 is 1.07 bits per heavy atom. The quantitative estimate of drug-likeness (QED) is 0.771. The maximum atomic E-state index is 12.2. The van der Waals surface area contributed by atoms with E-state index >= 15 is 0 Å². The molecule has 0 aromatic heterocycles. The molecule has 0 atom stereocenters. The molecule has 2 aromatic carbocycles. The summed E-state index contributed by atoms with van der Waals surface area (Å²) in [6.45, 7) is 2.06. The van der Waals surface area contributed by atoms with Gasteiger partial charge in [-0.2, -0.15) is 0 Å². The number of ether oxygens (including phenoxy) is 1. The molecule has 0 radical (unpaired) electrons. The monoisotopic (exact) mass is 402 g/mol. The highest BCUT2D eigenvalue weighted by Crippen LogP contribution is 2.21. The number of piperidine rings is 1. The van der Waals surface area contributed by atoms with Crippen LogP contribution in [0, 0.1) is 0 Å². The van der Waals surface area contributed by atoms with E-state index in [2.05, 4.69) is 17.3 Å². The molecular weight excluding hydrogens is 376 g/mol. The van der Waals surface area contributed by atoms with Gasteiger partial charge in [-0.1, -0.05) is 18.2 Å². The average Bonchev–Trinajstić information content (AvgIpc) is 2.70. The van der Waals surface area contributed by atoms with Crippen LogP contribution < -0.4 is 10.1 Å². The van der Waals surface area contributed by atoms with Crippen molar-refractivity contribution < 1.29 is 17.9 Å². The molecule has 1 fully saturated rings. The first-order valence-corrected chi connectivity index (χ1v) is 11.1. The van der Waals surface area contributed by atoms with Crippen LogP contribution in [0.1, 0.15) is 19.3 Å². The van der Waals surface area contributed by atoms with Gasteiger partial charge >= 0.3 is 0 Å². The maximum Gasteiger partial charge on any atom is 0.225 e. The third-order valence-electron chi connectivity index (χ3n) is 4.81. The van der Waals surface area contributed by atoms with Crippen molar-refractivity contribution in [2.75, 3.05) is 31.2 Å². The second-order valence-corrected chi connectivity index (χ2v) is 9.18. The Bertz CT molecular complexity index is 874. The van der Waals surface area contributed by atoms with E-state index < -0.39 is 9.84 Å². The summed E-state index contributed by atoms with van der Waals surface area (Å²) in [6.07, 6.45) is 2.14. The van der Waals surface area contributed by atoms with Crippen molar-refractivity contribution in [3.8, 4) is 5.75 Å². The van der Waals surface area contributed by atoms with Gasteiger partial charge in [-0.15, -0.1) is 0 Å². The van der Waals surface area contributed by atoms with Gasteiger partial charge in [-0.3, -0.25) is 4.79 Å². The minimum absolute atomic E-state index is 0.0922. The Morgan fingerprint density at radius 2 is 1.71 bits per heavy atom. The normalized spacial score (nSPS) is 15.9. The van der Waals surface area contributed by atoms with Crippen LogP contribution in [0.25, 0.3) is 0 Å². The number of likely N-dealkylation sites (tertiary alicyclic amines) is 1. The lowest BCUT2D eigenvalue weighted by atomic mass is 10.1. The van der Waals surface area contributed by atoms with E-state index in [1.54, 1.807) is 30.3 Å². The molecule has 6 nitrogen and oxygen atoms in total. The summed E-state index contributed by atoms with van der Waals surface area (Å²) in [5.74, 6) is 0.225. The minimum atomic E-state index is -3.46. The molecule has 1 heterocycles. The van der Waals surface area contributed by atoms with E-state index in [0.29, 0.717) is 5.69 Å². The summed E-state index contributed by atoms with van der Waals surface area (Å²) in [4.78, 5) is 14.6. The van der Waals surface area contributed by atoms with Crippen molar-refractivity contribution in [2.45, 2.75) is 30.3 Å². The van der Waals surface area contributed by atoms with Gasteiger partial charge in [0.2, 0.25) is 5.91 Å². The van der Waals surface area contributed by atoms with Crippen LogP contribution >= 0.6 is 0 Å². The van der Waals surface area contributed by atoms with Gasteiger partial charge < -0.3 is 15.0 Å². The minimum Gasteiger partial charge on any atom is -0.490 e. The van der Waals surface area contributed by atoms with Crippen LogP contribution in [-0.4, -0.2) is 51.2 Å². The smallest absolute Gasteiger partial charge is 0.225 e. The van der Waals surface area contributed by atoms with Crippen LogP contribution in [0.15, 0.2) is 59.5 Å². The highest BCUT2D eigenvalue weighted by atomic mass is 32.2. The average molecular weight is 403 g/mol. The van der Waals surface area contributed by atoms with E-state index in [-0.39, 0.29) is 29.1 Å². The zero-order valence-electron chi connectivity index (χ0n) is 16.0. The summed E-state index contributed by atoms with van der Waals surface area (Å²) in [6, 6.07) is 15.4. The van der Waals surface area contributed by atoms with E-state index in [1.165, 1.54) is 12.1 Å². The predicted molar refractivity (Wildman–Crippen MR) is 109 cm³/mol. The largest absolute Gasteiger partial charge is 0.490 e. The molecule has 3 rings (SSSR count). The SMILES string of the molecule is CN1CCC(Oc2ccc(NC(=O)CCS(=O)(=O)c3ccccc3)cc2)CC1. The molecule has 1 saturated heterocycles. The third kappa shape index (κ3) is 5.81. The van der Waals surface area contributed by atoms with E-state index in [9.17, 15) is 13.2 Å². The molecule has 28 heavy (non-hydrogen) atoms. The Balaban J connectivity index is 1.48. The van der Waals surface area contributed by atoms with E-state index in [1.807, 2.05) is 12.1 Å². The molecule has 0 saturated carbocycles. The van der Waals surface area contributed by atoms with Crippen molar-refractivity contribution in [3.05, 3.63) is 54.6 Å². The first-order valence-electron chi connectivity index (χ1n) is 9.45. The fourth-order valence-corrected chi connectivity index (χ4v) is 4.37. The molecule has 1 amide bonds. The predicted octanol–water partition coefficient (Wildman–Crippen LogP) is 2.96. The second kappa shape index (κ2) is 9.21. The standard InChI is InChI=1S/C21H26N2O4S/c1-23-14-11-19(12-15-23)27-18-9-7-17(8-10-18)22-21(24)13-16-28(25,26)20-5-3-2-4-6-20/h2-10,19H,11-16H2,1H3,(H,22,24). The van der Waals surface area contributed by atoms with Crippen molar-refractivity contribution in [1.29, 1.82) is 0 Å². The fourth-order valence-electron chi connectivity index (χ4n) is 3.11. The number of carbonyl (C=O) groups excluding carboxylic acids is 1. The zero-order chi connectivity index (χ0) is 20.0.